The molecular weight excluding hydrogens is 228 g/mol. The smallest absolute Gasteiger partial charge is 0.315 e. The van der Waals surface area contributed by atoms with Gasteiger partial charge in [0.05, 0.1) is 6.10 Å². The Bertz CT molecular complexity index is 279. The summed E-state index contributed by atoms with van der Waals surface area (Å²) >= 11 is 0. The van der Waals surface area contributed by atoms with Crippen molar-refractivity contribution in [3.8, 4) is 0 Å². The highest BCUT2D eigenvalue weighted by atomic mass is 16.3. The lowest BCUT2D eigenvalue weighted by Gasteiger charge is -2.16. The Morgan fingerprint density at radius 1 is 1.28 bits per heavy atom. The van der Waals surface area contributed by atoms with Gasteiger partial charge < -0.3 is 15.7 Å². The molecule has 2 aliphatic carbocycles. The highest BCUT2D eigenvalue weighted by Crippen LogP contribution is 2.33. The maximum atomic E-state index is 11.7. The highest BCUT2D eigenvalue weighted by Gasteiger charge is 2.24. The monoisotopic (exact) mass is 254 g/mol. The van der Waals surface area contributed by atoms with E-state index in [0.29, 0.717) is 12.5 Å². The van der Waals surface area contributed by atoms with Gasteiger partial charge in [0.1, 0.15) is 0 Å². The topological polar surface area (TPSA) is 61.4 Å². The maximum absolute atomic E-state index is 11.7. The predicted octanol–water partition coefficient (Wildman–Crippen LogP) is 2.03. The standard InChI is InChI=1S/C14H26N2O2/c1-10(2-3-11-4-5-11)16-14(18)15-9-12-6-7-13(17)8-12/h10-13,17H,2-9H2,1H3,(H2,15,16,18)/t10-,12+,13+/m1/s1. The first-order valence-corrected chi connectivity index (χ1v) is 7.36. The van der Waals surface area contributed by atoms with E-state index in [-0.39, 0.29) is 18.2 Å². The lowest BCUT2D eigenvalue weighted by atomic mass is 10.1. The number of urea groups is 1. The van der Waals surface area contributed by atoms with Crippen LogP contribution < -0.4 is 10.6 Å². The van der Waals surface area contributed by atoms with E-state index in [0.717, 1.165) is 31.6 Å². The van der Waals surface area contributed by atoms with Crippen LogP contribution in [0, 0.1) is 11.8 Å². The molecule has 2 fully saturated rings. The minimum absolute atomic E-state index is 0.0558. The number of nitrogens with one attached hydrogen (secondary N) is 2. The summed E-state index contributed by atoms with van der Waals surface area (Å²) in [6, 6.07) is 0.208. The zero-order valence-electron chi connectivity index (χ0n) is 11.3. The average molecular weight is 254 g/mol. The molecule has 0 aromatic carbocycles. The van der Waals surface area contributed by atoms with Gasteiger partial charge in [0.25, 0.3) is 0 Å². The number of amides is 2. The molecular formula is C14H26N2O2. The fraction of sp³-hybridized carbons (Fsp3) is 0.929. The van der Waals surface area contributed by atoms with E-state index in [1.807, 2.05) is 0 Å². The number of carbonyl (C=O) groups is 1. The molecule has 104 valence electrons. The number of carbonyl (C=O) groups excluding carboxylic acids is 1. The van der Waals surface area contributed by atoms with Crippen molar-refractivity contribution in [2.24, 2.45) is 11.8 Å². The van der Waals surface area contributed by atoms with E-state index in [1.165, 1.54) is 19.3 Å². The predicted molar refractivity (Wildman–Crippen MR) is 71.3 cm³/mol. The quantitative estimate of drug-likeness (QED) is 0.679. The SMILES string of the molecule is C[C@H](CCC1CC1)NC(=O)NC[C@H]1CC[C@H](O)C1. The Morgan fingerprint density at radius 2 is 2.00 bits per heavy atom. The largest absolute Gasteiger partial charge is 0.393 e. The molecule has 2 saturated carbocycles. The summed E-state index contributed by atoms with van der Waals surface area (Å²) in [6.07, 6.45) is 7.67. The van der Waals surface area contributed by atoms with Crippen molar-refractivity contribution >= 4 is 6.03 Å². The fourth-order valence-corrected chi connectivity index (χ4v) is 2.71. The summed E-state index contributed by atoms with van der Waals surface area (Å²) in [6.45, 7) is 2.76. The molecule has 4 heteroatoms. The van der Waals surface area contributed by atoms with Crippen molar-refractivity contribution < 1.29 is 9.90 Å². The minimum atomic E-state index is -0.155. The van der Waals surface area contributed by atoms with Gasteiger partial charge in [0, 0.05) is 12.6 Å². The van der Waals surface area contributed by atoms with Crippen molar-refractivity contribution in [3.05, 3.63) is 0 Å². The van der Waals surface area contributed by atoms with Crippen molar-refractivity contribution in [1.82, 2.24) is 10.6 Å². The molecule has 2 amide bonds. The number of hydrogen-bond donors (Lipinski definition) is 3. The third-order valence-corrected chi connectivity index (χ3v) is 4.15. The molecule has 2 aliphatic rings. The molecule has 3 N–H and O–H groups in total. The first-order valence-electron chi connectivity index (χ1n) is 7.36. The summed E-state index contributed by atoms with van der Waals surface area (Å²) in [4.78, 5) is 11.7. The van der Waals surface area contributed by atoms with Gasteiger partial charge in [-0.1, -0.05) is 12.8 Å². The van der Waals surface area contributed by atoms with Gasteiger partial charge in [-0.15, -0.1) is 0 Å². The Hall–Kier alpha value is -0.770. The van der Waals surface area contributed by atoms with E-state index in [4.69, 9.17) is 0 Å². The molecule has 0 unspecified atom stereocenters. The van der Waals surface area contributed by atoms with Gasteiger partial charge in [-0.3, -0.25) is 0 Å². The van der Waals surface area contributed by atoms with Gasteiger partial charge in [0.2, 0.25) is 0 Å². The maximum Gasteiger partial charge on any atom is 0.315 e. The first kappa shape index (κ1) is 13.7. The van der Waals surface area contributed by atoms with E-state index >= 15 is 0 Å². The van der Waals surface area contributed by atoms with Gasteiger partial charge in [0.15, 0.2) is 0 Å². The Balaban J connectivity index is 1.53. The lowest BCUT2D eigenvalue weighted by molar-refractivity contribution is 0.177. The molecule has 0 saturated heterocycles. The summed E-state index contributed by atoms with van der Waals surface area (Å²) in [5.41, 5.74) is 0. The summed E-state index contributed by atoms with van der Waals surface area (Å²) in [5.74, 6) is 1.38. The molecule has 0 spiro atoms. The summed E-state index contributed by atoms with van der Waals surface area (Å²) < 4.78 is 0. The minimum Gasteiger partial charge on any atom is -0.393 e. The Kier molecular flexibility index (Phi) is 4.87. The summed E-state index contributed by atoms with van der Waals surface area (Å²) in [7, 11) is 0. The van der Waals surface area contributed by atoms with Gasteiger partial charge >= 0.3 is 6.03 Å². The molecule has 2 rings (SSSR count). The van der Waals surface area contributed by atoms with Crippen molar-refractivity contribution in [1.29, 1.82) is 0 Å². The zero-order valence-corrected chi connectivity index (χ0v) is 11.3. The van der Waals surface area contributed by atoms with Crippen LogP contribution in [0.3, 0.4) is 0 Å². The molecule has 0 heterocycles. The molecule has 4 nitrogen and oxygen atoms in total. The number of rotatable bonds is 6. The van der Waals surface area contributed by atoms with E-state index in [9.17, 15) is 9.90 Å². The van der Waals surface area contributed by atoms with Crippen molar-refractivity contribution in [2.75, 3.05) is 6.54 Å². The first-order chi connectivity index (χ1) is 8.63. The van der Waals surface area contributed by atoms with Crippen LogP contribution in [0.25, 0.3) is 0 Å². The van der Waals surface area contributed by atoms with Crippen LogP contribution in [0.5, 0.6) is 0 Å². The van der Waals surface area contributed by atoms with Gasteiger partial charge in [-0.2, -0.15) is 0 Å². The number of aliphatic hydroxyl groups excluding tert-OH is 1. The van der Waals surface area contributed by atoms with Crippen LogP contribution >= 0.6 is 0 Å². The molecule has 0 aliphatic heterocycles. The zero-order chi connectivity index (χ0) is 13.0. The third kappa shape index (κ3) is 4.84. The van der Waals surface area contributed by atoms with Gasteiger partial charge in [-0.05, 0) is 50.9 Å². The second-order valence-electron chi connectivity index (χ2n) is 6.11. The lowest BCUT2D eigenvalue weighted by Crippen LogP contribution is -2.42. The van der Waals surface area contributed by atoms with Crippen LogP contribution in [0.1, 0.15) is 51.9 Å². The van der Waals surface area contributed by atoms with Crippen molar-refractivity contribution in [3.63, 3.8) is 0 Å². The molecule has 0 bridgehead atoms. The van der Waals surface area contributed by atoms with Crippen LogP contribution in [0.2, 0.25) is 0 Å². The van der Waals surface area contributed by atoms with E-state index in [1.54, 1.807) is 0 Å². The van der Waals surface area contributed by atoms with E-state index in [2.05, 4.69) is 17.6 Å². The average Bonchev–Trinajstić information content (AvgIpc) is 3.06. The van der Waals surface area contributed by atoms with Crippen LogP contribution in [0.4, 0.5) is 4.79 Å². The van der Waals surface area contributed by atoms with E-state index < -0.39 is 0 Å². The second kappa shape index (κ2) is 6.41. The van der Waals surface area contributed by atoms with Gasteiger partial charge in [-0.25, -0.2) is 4.79 Å². The molecule has 0 aromatic rings. The molecule has 0 aromatic heterocycles. The Labute approximate surface area is 110 Å². The fourth-order valence-electron chi connectivity index (χ4n) is 2.71. The Morgan fingerprint density at radius 3 is 2.61 bits per heavy atom. The normalized spacial score (nSPS) is 29.0. The van der Waals surface area contributed by atoms with Crippen LogP contribution in [0.15, 0.2) is 0 Å². The molecule has 18 heavy (non-hydrogen) atoms. The highest BCUT2D eigenvalue weighted by molar-refractivity contribution is 5.74. The number of hydrogen-bond acceptors (Lipinski definition) is 2. The molecule has 0 radical (unpaired) electrons. The summed E-state index contributed by atoms with van der Waals surface area (Å²) in [5, 5.41) is 15.3. The second-order valence-corrected chi connectivity index (χ2v) is 6.11. The van der Waals surface area contributed by atoms with Crippen LogP contribution in [-0.4, -0.2) is 29.8 Å². The van der Waals surface area contributed by atoms with Crippen LogP contribution in [-0.2, 0) is 0 Å². The number of aliphatic hydroxyl groups is 1. The van der Waals surface area contributed by atoms with Crippen molar-refractivity contribution in [2.45, 2.75) is 64.0 Å². The molecule has 3 atom stereocenters. The third-order valence-electron chi connectivity index (χ3n) is 4.15.